The fourth-order valence-corrected chi connectivity index (χ4v) is 1.32. The topological polar surface area (TPSA) is 99.6 Å². The van der Waals surface area contributed by atoms with Crippen molar-refractivity contribution >= 4 is 17.8 Å². The number of ether oxygens (including phenoxy) is 1. The predicted octanol–water partition coefficient (Wildman–Crippen LogP) is 0.745. The highest BCUT2D eigenvalue weighted by Crippen LogP contribution is 2.30. The molecule has 7 nitrogen and oxygen atoms in total. The van der Waals surface area contributed by atoms with Crippen molar-refractivity contribution in [1.82, 2.24) is 0 Å². The number of cyclic esters (lactones) is 2. The first-order valence-corrected chi connectivity index (χ1v) is 4.06. The van der Waals surface area contributed by atoms with Gasteiger partial charge in [0, 0.05) is 0 Å². The highest BCUT2D eigenvalue weighted by Gasteiger charge is 2.37. The summed E-state index contributed by atoms with van der Waals surface area (Å²) in [6.45, 7) is 0. The standard InChI is InChI=1S/C8H5NO6/c10-7-3-4(8(11)15-7)5-1-2-6(14-5)9(12)13/h1-2,4H,3H2. The molecule has 15 heavy (non-hydrogen) atoms. The van der Waals surface area contributed by atoms with Crippen molar-refractivity contribution in [3.8, 4) is 0 Å². The fraction of sp³-hybridized carbons (Fsp3) is 0.250. The molecule has 1 atom stereocenters. The quantitative estimate of drug-likeness (QED) is 0.309. The average Bonchev–Trinajstić information content (AvgIpc) is 2.71. The molecule has 1 aromatic rings. The van der Waals surface area contributed by atoms with E-state index in [0.29, 0.717) is 0 Å². The van der Waals surface area contributed by atoms with Crippen LogP contribution in [0.3, 0.4) is 0 Å². The summed E-state index contributed by atoms with van der Waals surface area (Å²) in [6.07, 6.45) is -0.135. The van der Waals surface area contributed by atoms with Gasteiger partial charge >= 0.3 is 17.8 Å². The summed E-state index contributed by atoms with van der Waals surface area (Å²) in [5.74, 6) is -2.62. The maximum absolute atomic E-state index is 11.1. The van der Waals surface area contributed by atoms with Crippen molar-refractivity contribution in [3.05, 3.63) is 28.0 Å². The second kappa shape index (κ2) is 3.19. The van der Waals surface area contributed by atoms with Crippen molar-refractivity contribution in [3.63, 3.8) is 0 Å². The van der Waals surface area contributed by atoms with E-state index < -0.39 is 28.7 Å². The number of hydrogen-bond acceptors (Lipinski definition) is 6. The van der Waals surface area contributed by atoms with E-state index in [1.807, 2.05) is 0 Å². The Hall–Kier alpha value is -2.18. The minimum atomic E-state index is -0.855. The molecule has 0 amide bonds. The van der Waals surface area contributed by atoms with Crippen LogP contribution in [0.25, 0.3) is 0 Å². The van der Waals surface area contributed by atoms with Crippen LogP contribution in [0.5, 0.6) is 0 Å². The molecule has 1 aromatic heterocycles. The Morgan fingerprint density at radius 1 is 1.40 bits per heavy atom. The number of nitro groups is 1. The third-order valence-corrected chi connectivity index (χ3v) is 2.01. The van der Waals surface area contributed by atoms with E-state index in [1.165, 1.54) is 6.07 Å². The van der Waals surface area contributed by atoms with Crippen molar-refractivity contribution < 1.29 is 23.7 Å². The van der Waals surface area contributed by atoms with Gasteiger partial charge in [0.15, 0.2) is 0 Å². The van der Waals surface area contributed by atoms with Gasteiger partial charge in [-0.25, -0.2) is 0 Å². The molecule has 7 heteroatoms. The molecule has 2 rings (SSSR count). The van der Waals surface area contributed by atoms with Gasteiger partial charge in [-0.2, -0.15) is 0 Å². The summed E-state index contributed by atoms with van der Waals surface area (Å²) in [5, 5.41) is 10.3. The molecular formula is C8H5NO6. The lowest BCUT2D eigenvalue weighted by atomic mass is 10.1. The molecule has 1 aliphatic heterocycles. The Morgan fingerprint density at radius 2 is 2.13 bits per heavy atom. The summed E-state index contributed by atoms with van der Waals surface area (Å²) < 4.78 is 9.09. The van der Waals surface area contributed by atoms with Crippen LogP contribution < -0.4 is 0 Å². The van der Waals surface area contributed by atoms with Crippen molar-refractivity contribution in [1.29, 1.82) is 0 Å². The number of carbonyl (C=O) groups excluding carboxylic acids is 2. The lowest BCUT2D eigenvalue weighted by molar-refractivity contribution is -0.402. The molecule has 0 saturated carbocycles. The van der Waals surface area contributed by atoms with Gasteiger partial charge in [0.1, 0.15) is 16.6 Å². The van der Waals surface area contributed by atoms with Gasteiger partial charge in [0.05, 0.1) is 12.5 Å². The van der Waals surface area contributed by atoms with Crippen LogP contribution in [-0.2, 0) is 14.3 Å². The van der Waals surface area contributed by atoms with Gasteiger partial charge in [0.2, 0.25) is 0 Å². The SMILES string of the molecule is O=C1CC(c2ccc([N+](=O)[O-])o2)C(=O)O1. The molecular weight excluding hydrogens is 206 g/mol. The Kier molecular flexibility index (Phi) is 2.00. The molecule has 1 saturated heterocycles. The molecule has 1 aliphatic rings. The molecule has 1 unspecified atom stereocenters. The van der Waals surface area contributed by atoms with Crippen LogP contribution in [0.2, 0.25) is 0 Å². The summed E-state index contributed by atoms with van der Waals surface area (Å²) in [5.41, 5.74) is 0. The van der Waals surface area contributed by atoms with Crippen molar-refractivity contribution in [2.75, 3.05) is 0 Å². The second-order valence-electron chi connectivity index (χ2n) is 2.98. The van der Waals surface area contributed by atoms with Crippen LogP contribution in [0, 0.1) is 10.1 Å². The molecule has 78 valence electrons. The van der Waals surface area contributed by atoms with E-state index in [0.717, 1.165) is 6.07 Å². The molecule has 2 heterocycles. The number of carbonyl (C=O) groups is 2. The molecule has 0 spiro atoms. The van der Waals surface area contributed by atoms with Crippen LogP contribution in [0.4, 0.5) is 5.88 Å². The van der Waals surface area contributed by atoms with Gasteiger partial charge in [-0.3, -0.25) is 19.7 Å². The highest BCUT2D eigenvalue weighted by molar-refractivity contribution is 5.97. The molecule has 0 aliphatic carbocycles. The Bertz CT molecular complexity index is 448. The smallest absolute Gasteiger partial charge is 0.405 e. The average molecular weight is 211 g/mol. The van der Waals surface area contributed by atoms with Gasteiger partial charge in [-0.1, -0.05) is 0 Å². The second-order valence-corrected chi connectivity index (χ2v) is 2.98. The minimum absolute atomic E-state index is 0.0811. The first-order chi connectivity index (χ1) is 7.08. The van der Waals surface area contributed by atoms with Crippen molar-refractivity contribution in [2.45, 2.75) is 12.3 Å². The van der Waals surface area contributed by atoms with Crippen LogP contribution >= 0.6 is 0 Å². The van der Waals surface area contributed by atoms with Gasteiger partial charge in [-0.15, -0.1) is 0 Å². The molecule has 0 aromatic carbocycles. The van der Waals surface area contributed by atoms with Gasteiger partial charge < -0.3 is 9.15 Å². The van der Waals surface area contributed by atoms with Crippen LogP contribution in [-0.4, -0.2) is 16.9 Å². The minimum Gasteiger partial charge on any atom is -0.405 e. The molecule has 0 N–H and O–H groups in total. The maximum Gasteiger partial charge on any atom is 0.433 e. The summed E-state index contributed by atoms with van der Waals surface area (Å²) in [7, 11) is 0. The number of furan rings is 1. The fourth-order valence-electron chi connectivity index (χ4n) is 1.32. The van der Waals surface area contributed by atoms with E-state index >= 15 is 0 Å². The van der Waals surface area contributed by atoms with E-state index in [1.54, 1.807) is 0 Å². The Morgan fingerprint density at radius 3 is 2.60 bits per heavy atom. The van der Waals surface area contributed by atoms with Crippen molar-refractivity contribution in [2.24, 2.45) is 0 Å². The Labute approximate surface area is 82.8 Å². The zero-order valence-corrected chi connectivity index (χ0v) is 7.34. The summed E-state index contributed by atoms with van der Waals surface area (Å²) >= 11 is 0. The van der Waals surface area contributed by atoms with Gasteiger partial charge in [0.25, 0.3) is 0 Å². The molecule has 0 radical (unpaired) electrons. The van der Waals surface area contributed by atoms with E-state index in [-0.39, 0.29) is 12.2 Å². The first kappa shape index (κ1) is 9.38. The van der Waals surface area contributed by atoms with Crippen LogP contribution in [0.1, 0.15) is 18.1 Å². The third-order valence-electron chi connectivity index (χ3n) is 2.01. The van der Waals surface area contributed by atoms with E-state index in [2.05, 4.69) is 4.74 Å². The number of hydrogen-bond donors (Lipinski definition) is 0. The van der Waals surface area contributed by atoms with E-state index in [9.17, 15) is 19.7 Å². The summed E-state index contributed by atoms with van der Waals surface area (Å²) in [4.78, 5) is 31.4. The Balaban J connectivity index is 2.26. The lowest BCUT2D eigenvalue weighted by Gasteiger charge is -1.96. The zero-order valence-electron chi connectivity index (χ0n) is 7.34. The lowest BCUT2D eigenvalue weighted by Crippen LogP contribution is -2.04. The first-order valence-electron chi connectivity index (χ1n) is 4.06. The zero-order chi connectivity index (χ0) is 11.0. The third kappa shape index (κ3) is 1.58. The largest absolute Gasteiger partial charge is 0.433 e. The number of esters is 2. The molecule has 1 fully saturated rings. The van der Waals surface area contributed by atoms with E-state index in [4.69, 9.17) is 4.42 Å². The maximum atomic E-state index is 11.1. The molecule has 0 bridgehead atoms. The van der Waals surface area contributed by atoms with Gasteiger partial charge in [-0.05, 0) is 6.07 Å². The predicted molar refractivity (Wildman–Crippen MR) is 43.8 cm³/mol. The van der Waals surface area contributed by atoms with Crippen LogP contribution in [0.15, 0.2) is 16.5 Å². The monoisotopic (exact) mass is 211 g/mol. The highest BCUT2D eigenvalue weighted by atomic mass is 16.6. The number of rotatable bonds is 2. The summed E-state index contributed by atoms with van der Waals surface area (Å²) in [6, 6.07) is 2.42. The normalized spacial score (nSPS) is 20.4. The number of nitrogens with zero attached hydrogens (tertiary/aromatic N) is 1.